The number of methoxy groups -OCH3 is 1. The first kappa shape index (κ1) is 13.5. The molecule has 2 aromatic carbocycles. The summed E-state index contributed by atoms with van der Waals surface area (Å²) in [5, 5.41) is 0. The molecule has 3 heteroatoms. The van der Waals surface area contributed by atoms with Gasteiger partial charge in [0.05, 0.1) is 11.6 Å². The van der Waals surface area contributed by atoms with Gasteiger partial charge in [-0.25, -0.2) is 0 Å². The Morgan fingerprint density at radius 3 is 2.45 bits per heavy atom. The molecule has 104 valence electrons. The summed E-state index contributed by atoms with van der Waals surface area (Å²) >= 11 is 3.60. The highest BCUT2D eigenvalue weighted by Gasteiger charge is 2.14. The van der Waals surface area contributed by atoms with Crippen LogP contribution in [0.4, 0.5) is 0 Å². The van der Waals surface area contributed by atoms with Crippen LogP contribution < -0.4 is 9.47 Å². The highest BCUT2D eigenvalue weighted by Crippen LogP contribution is 2.33. The van der Waals surface area contributed by atoms with Gasteiger partial charge < -0.3 is 9.47 Å². The lowest BCUT2D eigenvalue weighted by Gasteiger charge is -2.11. The van der Waals surface area contributed by atoms with Crippen molar-refractivity contribution < 1.29 is 9.47 Å². The summed E-state index contributed by atoms with van der Waals surface area (Å²) in [6, 6.07) is 12.3. The molecule has 0 bridgehead atoms. The molecule has 0 aliphatic heterocycles. The van der Waals surface area contributed by atoms with Gasteiger partial charge in [-0.2, -0.15) is 0 Å². The zero-order valence-electron chi connectivity index (χ0n) is 11.5. The van der Waals surface area contributed by atoms with E-state index in [1.807, 2.05) is 24.3 Å². The molecule has 0 amide bonds. The highest BCUT2D eigenvalue weighted by atomic mass is 79.9. The fourth-order valence-electron chi connectivity index (χ4n) is 2.56. The van der Waals surface area contributed by atoms with Crippen LogP contribution >= 0.6 is 15.9 Å². The summed E-state index contributed by atoms with van der Waals surface area (Å²) in [7, 11) is 1.67. The van der Waals surface area contributed by atoms with E-state index in [2.05, 4.69) is 28.1 Å². The lowest BCUT2D eigenvalue weighted by molar-refractivity contribution is 0.303. The molecule has 2 aromatic rings. The van der Waals surface area contributed by atoms with Crippen LogP contribution in [0.15, 0.2) is 40.9 Å². The predicted molar refractivity (Wildman–Crippen MR) is 83.5 cm³/mol. The maximum absolute atomic E-state index is 5.93. The Balaban J connectivity index is 1.71. The molecule has 2 nitrogen and oxygen atoms in total. The number of hydrogen-bond donors (Lipinski definition) is 0. The number of halogens is 1. The van der Waals surface area contributed by atoms with Crippen LogP contribution in [0.25, 0.3) is 0 Å². The van der Waals surface area contributed by atoms with Gasteiger partial charge in [-0.05, 0) is 76.1 Å². The molecular weight excluding hydrogens is 316 g/mol. The molecule has 0 heterocycles. The Morgan fingerprint density at radius 2 is 1.75 bits per heavy atom. The average Bonchev–Trinajstić information content (AvgIpc) is 2.92. The van der Waals surface area contributed by atoms with E-state index in [-0.39, 0.29) is 0 Å². The molecule has 0 unspecified atom stereocenters. The standard InChI is InChI=1S/C17H17BrO2/c1-19-15-7-5-12(6-8-15)11-20-17-10-14-4-2-3-13(14)9-16(17)18/h5-10H,2-4,11H2,1H3. The van der Waals surface area contributed by atoms with Crippen molar-refractivity contribution >= 4 is 15.9 Å². The number of aryl methyl sites for hydroxylation is 2. The number of benzene rings is 2. The van der Waals surface area contributed by atoms with Crippen molar-refractivity contribution in [3.05, 3.63) is 57.6 Å². The first-order valence-corrected chi connectivity index (χ1v) is 7.62. The quantitative estimate of drug-likeness (QED) is 0.819. The van der Waals surface area contributed by atoms with Crippen LogP contribution in [0.5, 0.6) is 11.5 Å². The van der Waals surface area contributed by atoms with E-state index < -0.39 is 0 Å². The second-order valence-corrected chi connectivity index (χ2v) is 5.90. The lowest BCUT2D eigenvalue weighted by Crippen LogP contribution is -1.97. The zero-order valence-corrected chi connectivity index (χ0v) is 13.1. The zero-order chi connectivity index (χ0) is 13.9. The molecule has 0 aromatic heterocycles. The fraction of sp³-hybridized carbons (Fsp3) is 0.294. The lowest BCUT2D eigenvalue weighted by atomic mass is 10.1. The molecule has 0 atom stereocenters. The Hall–Kier alpha value is -1.48. The van der Waals surface area contributed by atoms with Crippen LogP contribution in [0, 0.1) is 0 Å². The summed E-state index contributed by atoms with van der Waals surface area (Å²) in [6.45, 7) is 0.571. The second-order valence-electron chi connectivity index (χ2n) is 5.04. The van der Waals surface area contributed by atoms with Gasteiger partial charge >= 0.3 is 0 Å². The third-order valence-corrected chi connectivity index (χ3v) is 4.32. The topological polar surface area (TPSA) is 18.5 Å². The first-order valence-electron chi connectivity index (χ1n) is 6.83. The van der Waals surface area contributed by atoms with E-state index in [0.29, 0.717) is 6.61 Å². The van der Waals surface area contributed by atoms with Gasteiger partial charge in [0.25, 0.3) is 0 Å². The molecule has 0 saturated carbocycles. The summed E-state index contributed by atoms with van der Waals surface area (Å²) in [6.07, 6.45) is 3.61. The average molecular weight is 333 g/mol. The molecule has 3 rings (SSSR count). The van der Waals surface area contributed by atoms with Gasteiger partial charge in [-0.15, -0.1) is 0 Å². The van der Waals surface area contributed by atoms with Crippen molar-refractivity contribution in [2.75, 3.05) is 7.11 Å². The summed E-state index contributed by atoms with van der Waals surface area (Å²) < 4.78 is 12.1. The van der Waals surface area contributed by atoms with Crippen LogP contribution in [-0.2, 0) is 19.4 Å². The molecular formula is C17H17BrO2. The van der Waals surface area contributed by atoms with Crippen LogP contribution in [0.3, 0.4) is 0 Å². The Kier molecular flexibility index (Phi) is 3.97. The highest BCUT2D eigenvalue weighted by molar-refractivity contribution is 9.10. The van der Waals surface area contributed by atoms with Crippen molar-refractivity contribution in [1.82, 2.24) is 0 Å². The van der Waals surface area contributed by atoms with E-state index in [0.717, 1.165) is 21.5 Å². The minimum absolute atomic E-state index is 0.571. The Labute approximate surface area is 127 Å². The first-order chi connectivity index (χ1) is 9.76. The van der Waals surface area contributed by atoms with Gasteiger partial charge in [0, 0.05) is 0 Å². The van der Waals surface area contributed by atoms with E-state index in [4.69, 9.17) is 9.47 Å². The van der Waals surface area contributed by atoms with Gasteiger partial charge in [0.2, 0.25) is 0 Å². The summed E-state index contributed by atoms with van der Waals surface area (Å²) in [5.41, 5.74) is 4.02. The fourth-order valence-corrected chi connectivity index (χ4v) is 3.07. The molecule has 0 spiro atoms. The van der Waals surface area contributed by atoms with Crippen LogP contribution in [-0.4, -0.2) is 7.11 Å². The summed E-state index contributed by atoms with van der Waals surface area (Å²) in [5.74, 6) is 1.80. The number of hydrogen-bond acceptors (Lipinski definition) is 2. The van der Waals surface area contributed by atoms with Crippen molar-refractivity contribution in [3.63, 3.8) is 0 Å². The monoisotopic (exact) mass is 332 g/mol. The summed E-state index contributed by atoms with van der Waals surface area (Å²) in [4.78, 5) is 0. The van der Waals surface area contributed by atoms with Crippen molar-refractivity contribution in [2.45, 2.75) is 25.9 Å². The molecule has 0 fully saturated rings. The number of ether oxygens (including phenoxy) is 2. The van der Waals surface area contributed by atoms with Gasteiger partial charge in [0.1, 0.15) is 18.1 Å². The van der Waals surface area contributed by atoms with Gasteiger partial charge in [-0.1, -0.05) is 12.1 Å². The second kappa shape index (κ2) is 5.88. The molecule has 20 heavy (non-hydrogen) atoms. The van der Waals surface area contributed by atoms with E-state index in [1.165, 1.54) is 30.4 Å². The largest absolute Gasteiger partial charge is 0.497 e. The van der Waals surface area contributed by atoms with Crippen LogP contribution in [0.2, 0.25) is 0 Å². The number of rotatable bonds is 4. The Morgan fingerprint density at radius 1 is 1.05 bits per heavy atom. The molecule has 0 radical (unpaired) electrons. The SMILES string of the molecule is COc1ccc(COc2cc3c(cc2Br)CCC3)cc1. The van der Waals surface area contributed by atoms with Gasteiger partial charge in [0.15, 0.2) is 0 Å². The molecule has 1 aliphatic rings. The minimum Gasteiger partial charge on any atom is -0.497 e. The molecule has 1 aliphatic carbocycles. The molecule has 0 N–H and O–H groups in total. The van der Waals surface area contributed by atoms with E-state index >= 15 is 0 Å². The third-order valence-electron chi connectivity index (χ3n) is 3.70. The van der Waals surface area contributed by atoms with E-state index in [9.17, 15) is 0 Å². The van der Waals surface area contributed by atoms with Crippen molar-refractivity contribution in [2.24, 2.45) is 0 Å². The van der Waals surface area contributed by atoms with Crippen molar-refractivity contribution in [3.8, 4) is 11.5 Å². The number of fused-ring (bicyclic) bond motifs is 1. The van der Waals surface area contributed by atoms with E-state index in [1.54, 1.807) is 7.11 Å². The third kappa shape index (κ3) is 2.83. The minimum atomic E-state index is 0.571. The van der Waals surface area contributed by atoms with Crippen molar-refractivity contribution in [1.29, 1.82) is 0 Å². The predicted octanol–water partition coefficient (Wildman–Crippen LogP) is 4.53. The molecule has 0 saturated heterocycles. The normalized spacial score (nSPS) is 13.1. The Bertz CT molecular complexity index is 605. The maximum atomic E-state index is 5.93. The van der Waals surface area contributed by atoms with Crippen LogP contribution in [0.1, 0.15) is 23.1 Å². The van der Waals surface area contributed by atoms with Gasteiger partial charge in [-0.3, -0.25) is 0 Å². The maximum Gasteiger partial charge on any atom is 0.134 e. The smallest absolute Gasteiger partial charge is 0.134 e.